The fraction of sp³-hybridized carbons (Fsp3) is 0.591. The first-order valence-electron chi connectivity index (χ1n) is 10.1. The molecule has 2 atom stereocenters. The van der Waals surface area contributed by atoms with Gasteiger partial charge in [0.2, 0.25) is 5.91 Å². The van der Waals surface area contributed by atoms with Crippen LogP contribution in [0.1, 0.15) is 58.4 Å². The second kappa shape index (κ2) is 12.3. The van der Waals surface area contributed by atoms with Gasteiger partial charge in [-0.25, -0.2) is 5.84 Å². The Morgan fingerprint density at radius 3 is 2.38 bits per heavy atom. The van der Waals surface area contributed by atoms with E-state index in [2.05, 4.69) is 12.1 Å². The summed E-state index contributed by atoms with van der Waals surface area (Å²) in [5, 5.41) is 10.4. The molecule has 0 aliphatic carbocycles. The number of aldehydes is 1. The monoisotopic (exact) mass is 406 g/mol. The molecule has 1 aromatic carbocycles. The van der Waals surface area contributed by atoms with Crippen LogP contribution in [0.3, 0.4) is 0 Å². The van der Waals surface area contributed by atoms with Crippen molar-refractivity contribution in [2.45, 2.75) is 70.9 Å². The van der Waals surface area contributed by atoms with Crippen molar-refractivity contribution < 1.29 is 24.2 Å². The second-order valence-electron chi connectivity index (χ2n) is 8.21. The van der Waals surface area contributed by atoms with E-state index in [-0.39, 0.29) is 18.7 Å². The highest BCUT2D eigenvalue weighted by atomic mass is 16.6. The van der Waals surface area contributed by atoms with Gasteiger partial charge in [-0.05, 0) is 45.6 Å². The predicted octanol–water partition coefficient (Wildman–Crippen LogP) is 2.40. The van der Waals surface area contributed by atoms with E-state index in [0.29, 0.717) is 12.7 Å². The number of hydrazine groups is 1. The number of aliphatic hydroxyl groups is 1. The average Bonchev–Trinajstić information content (AvgIpc) is 2.66. The SMILES string of the molecule is CC(C)(C)OC(=O)CC(CO)[C@@H](C=O)N(N)C(=O)CCCCCc1ccccc1. The van der Waals surface area contributed by atoms with E-state index in [1.807, 2.05) is 18.2 Å². The van der Waals surface area contributed by atoms with Gasteiger partial charge in [-0.1, -0.05) is 36.8 Å². The fourth-order valence-electron chi connectivity index (χ4n) is 3.02. The van der Waals surface area contributed by atoms with Crippen molar-refractivity contribution in [2.24, 2.45) is 11.8 Å². The number of amides is 1. The number of nitrogens with zero attached hydrogens (tertiary/aromatic N) is 1. The lowest BCUT2D eigenvalue weighted by molar-refractivity contribution is -0.158. The quantitative estimate of drug-likeness (QED) is 0.138. The summed E-state index contributed by atoms with van der Waals surface area (Å²) in [6, 6.07) is 9.04. The molecule has 0 spiro atoms. The summed E-state index contributed by atoms with van der Waals surface area (Å²) in [4.78, 5) is 35.9. The molecule has 0 radical (unpaired) electrons. The van der Waals surface area contributed by atoms with Gasteiger partial charge < -0.3 is 14.6 Å². The lowest BCUT2D eigenvalue weighted by Gasteiger charge is -2.29. The molecule has 1 unspecified atom stereocenters. The van der Waals surface area contributed by atoms with Gasteiger partial charge in [-0.15, -0.1) is 0 Å². The summed E-state index contributed by atoms with van der Waals surface area (Å²) in [6.07, 6.45) is 3.92. The summed E-state index contributed by atoms with van der Waals surface area (Å²) < 4.78 is 5.22. The third-order valence-corrected chi connectivity index (χ3v) is 4.51. The van der Waals surface area contributed by atoms with Crippen LogP contribution in [0.4, 0.5) is 0 Å². The molecule has 7 heteroatoms. The smallest absolute Gasteiger partial charge is 0.306 e. The Morgan fingerprint density at radius 1 is 1.17 bits per heavy atom. The van der Waals surface area contributed by atoms with Gasteiger partial charge in [0.05, 0.1) is 6.42 Å². The molecular weight excluding hydrogens is 372 g/mol. The van der Waals surface area contributed by atoms with E-state index in [1.165, 1.54) is 5.56 Å². The summed E-state index contributed by atoms with van der Waals surface area (Å²) >= 11 is 0. The molecule has 0 saturated carbocycles. The van der Waals surface area contributed by atoms with E-state index in [4.69, 9.17) is 10.6 Å². The number of benzene rings is 1. The van der Waals surface area contributed by atoms with Crippen LogP contribution in [0.5, 0.6) is 0 Å². The molecule has 0 aromatic heterocycles. The number of carbonyl (C=O) groups is 3. The van der Waals surface area contributed by atoms with Gasteiger partial charge in [0.15, 0.2) is 0 Å². The topological polar surface area (TPSA) is 110 Å². The number of ether oxygens (including phenoxy) is 1. The standard InChI is InChI=1S/C22H34N2O5/c1-22(2,3)29-21(28)14-18(15-25)19(16-26)24(23)20(27)13-9-5-8-12-17-10-6-4-7-11-17/h4,6-7,10-11,16,18-19,25H,5,8-9,12-15,23H2,1-3H3/t18?,19-/m1/s1. The molecule has 0 bridgehead atoms. The summed E-state index contributed by atoms with van der Waals surface area (Å²) in [6.45, 7) is 4.73. The zero-order chi connectivity index (χ0) is 21.9. The minimum absolute atomic E-state index is 0.199. The van der Waals surface area contributed by atoms with Crippen LogP contribution in [0.25, 0.3) is 0 Å². The predicted molar refractivity (Wildman–Crippen MR) is 111 cm³/mol. The van der Waals surface area contributed by atoms with Crippen LogP contribution in [0, 0.1) is 5.92 Å². The number of hydrogen-bond acceptors (Lipinski definition) is 6. The largest absolute Gasteiger partial charge is 0.460 e. The first-order chi connectivity index (χ1) is 13.7. The molecular formula is C22H34N2O5. The highest BCUT2D eigenvalue weighted by Crippen LogP contribution is 2.17. The van der Waals surface area contributed by atoms with Crippen molar-refractivity contribution in [3.05, 3.63) is 35.9 Å². The van der Waals surface area contributed by atoms with Crippen LogP contribution in [-0.4, -0.2) is 46.5 Å². The number of unbranched alkanes of at least 4 members (excludes halogenated alkanes) is 2. The Morgan fingerprint density at radius 2 is 1.83 bits per heavy atom. The third kappa shape index (κ3) is 9.67. The molecule has 162 valence electrons. The Kier molecular flexibility index (Phi) is 10.5. The van der Waals surface area contributed by atoms with Gasteiger partial charge >= 0.3 is 5.97 Å². The van der Waals surface area contributed by atoms with Crippen LogP contribution in [0.15, 0.2) is 30.3 Å². The maximum absolute atomic E-state index is 12.4. The Bertz CT molecular complexity index is 642. The normalized spacial score (nSPS) is 13.4. The number of carbonyl (C=O) groups excluding carboxylic acids is 3. The van der Waals surface area contributed by atoms with Crippen molar-refractivity contribution in [1.82, 2.24) is 5.01 Å². The van der Waals surface area contributed by atoms with Gasteiger partial charge in [-0.2, -0.15) is 0 Å². The maximum Gasteiger partial charge on any atom is 0.306 e. The Hall–Kier alpha value is -2.25. The Balaban J connectivity index is 2.47. The van der Waals surface area contributed by atoms with Crippen LogP contribution in [0.2, 0.25) is 0 Å². The number of rotatable bonds is 12. The molecule has 0 heterocycles. The number of hydrogen-bond donors (Lipinski definition) is 2. The lowest BCUT2D eigenvalue weighted by Crippen LogP contribution is -2.51. The van der Waals surface area contributed by atoms with E-state index in [0.717, 1.165) is 24.3 Å². The number of nitrogens with two attached hydrogens (primary N) is 1. The van der Waals surface area contributed by atoms with Gasteiger partial charge in [0.1, 0.15) is 17.9 Å². The first kappa shape index (κ1) is 24.8. The highest BCUT2D eigenvalue weighted by molar-refractivity contribution is 5.80. The number of aliphatic hydroxyl groups excluding tert-OH is 1. The summed E-state index contributed by atoms with van der Waals surface area (Å²) in [5.74, 6) is 4.10. The maximum atomic E-state index is 12.4. The molecule has 29 heavy (non-hydrogen) atoms. The fourth-order valence-corrected chi connectivity index (χ4v) is 3.02. The molecule has 1 amide bonds. The van der Waals surface area contributed by atoms with Crippen LogP contribution >= 0.6 is 0 Å². The van der Waals surface area contributed by atoms with Crippen molar-refractivity contribution in [1.29, 1.82) is 0 Å². The van der Waals surface area contributed by atoms with Crippen LogP contribution < -0.4 is 5.84 Å². The second-order valence-corrected chi connectivity index (χ2v) is 8.21. The molecule has 0 saturated heterocycles. The molecule has 0 fully saturated rings. The first-order valence-corrected chi connectivity index (χ1v) is 10.1. The molecule has 0 aliphatic rings. The number of esters is 1. The average molecular weight is 407 g/mol. The Labute approximate surface area is 173 Å². The van der Waals surface area contributed by atoms with Crippen molar-refractivity contribution in [3.8, 4) is 0 Å². The molecule has 7 nitrogen and oxygen atoms in total. The highest BCUT2D eigenvalue weighted by Gasteiger charge is 2.31. The van der Waals surface area contributed by atoms with Crippen molar-refractivity contribution in [2.75, 3.05) is 6.61 Å². The van der Waals surface area contributed by atoms with Gasteiger partial charge in [0.25, 0.3) is 0 Å². The van der Waals surface area contributed by atoms with Crippen molar-refractivity contribution >= 4 is 18.2 Å². The van der Waals surface area contributed by atoms with E-state index < -0.39 is 30.1 Å². The zero-order valence-electron chi connectivity index (χ0n) is 17.7. The molecule has 1 rings (SSSR count). The molecule has 0 aliphatic heterocycles. The molecule has 1 aromatic rings. The van der Waals surface area contributed by atoms with E-state index in [1.54, 1.807) is 20.8 Å². The summed E-state index contributed by atoms with van der Waals surface area (Å²) in [5.41, 5.74) is 0.583. The van der Waals surface area contributed by atoms with E-state index >= 15 is 0 Å². The lowest BCUT2D eigenvalue weighted by atomic mass is 9.96. The van der Waals surface area contributed by atoms with Crippen molar-refractivity contribution in [3.63, 3.8) is 0 Å². The zero-order valence-corrected chi connectivity index (χ0v) is 17.7. The minimum atomic E-state index is -1.08. The van der Waals surface area contributed by atoms with Crippen LogP contribution in [-0.2, 0) is 25.5 Å². The summed E-state index contributed by atoms with van der Waals surface area (Å²) in [7, 11) is 0. The number of aryl methyl sites for hydroxylation is 1. The van der Waals surface area contributed by atoms with Gasteiger partial charge in [0, 0.05) is 18.9 Å². The van der Waals surface area contributed by atoms with Gasteiger partial charge in [-0.3, -0.25) is 14.6 Å². The van der Waals surface area contributed by atoms with E-state index in [9.17, 15) is 19.5 Å². The minimum Gasteiger partial charge on any atom is -0.460 e. The third-order valence-electron chi connectivity index (χ3n) is 4.51. The molecule has 3 N–H and O–H groups in total.